The van der Waals surface area contributed by atoms with Crippen LogP contribution in [0.15, 0.2) is 42.5 Å². The van der Waals surface area contributed by atoms with Crippen LogP contribution in [0.2, 0.25) is 0 Å². The third-order valence-corrected chi connectivity index (χ3v) is 2.96. The van der Waals surface area contributed by atoms with E-state index in [1.54, 1.807) is 0 Å². The molecule has 1 nitrogen and oxygen atoms in total. The van der Waals surface area contributed by atoms with E-state index in [2.05, 4.69) is 49.4 Å². The minimum atomic E-state index is 0.298. The van der Waals surface area contributed by atoms with Gasteiger partial charge in [0.2, 0.25) is 0 Å². The summed E-state index contributed by atoms with van der Waals surface area (Å²) in [5.41, 5.74) is 1.43. The average Bonchev–Trinajstić information content (AvgIpc) is 2.36. The number of hydrogen-bond acceptors (Lipinski definition) is 1. The van der Waals surface area contributed by atoms with Crippen molar-refractivity contribution in [1.82, 2.24) is 0 Å². The van der Waals surface area contributed by atoms with Crippen LogP contribution in [0.1, 0.15) is 38.2 Å². The molecule has 17 heavy (non-hydrogen) atoms. The normalized spacial score (nSPS) is 13.1. The highest BCUT2D eigenvalue weighted by Crippen LogP contribution is 2.11. The summed E-state index contributed by atoms with van der Waals surface area (Å²) in [6, 6.07) is 10.7. The van der Waals surface area contributed by atoms with Gasteiger partial charge in [-0.1, -0.05) is 49.4 Å². The molecule has 0 spiro atoms. The summed E-state index contributed by atoms with van der Waals surface area (Å²) in [6.07, 6.45) is 10.0. The first kappa shape index (κ1) is 14.0. The third-order valence-electron chi connectivity index (χ3n) is 2.96. The van der Waals surface area contributed by atoms with Crippen LogP contribution in [0, 0.1) is 5.92 Å². The highest BCUT2D eigenvalue weighted by atomic mass is 16.2. The third kappa shape index (κ3) is 6.96. The molecule has 0 aliphatic heterocycles. The Balaban J connectivity index is 2.12. The van der Waals surface area contributed by atoms with E-state index in [1.807, 2.05) is 0 Å². The predicted molar refractivity (Wildman–Crippen MR) is 74.0 cm³/mol. The summed E-state index contributed by atoms with van der Waals surface area (Å²) < 4.78 is 0. The van der Waals surface area contributed by atoms with Crippen molar-refractivity contribution in [2.45, 2.75) is 39.0 Å². The highest BCUT2D eigenvalue weighted by Gasteiger charge is 1.97. The Morgan fingerprint density at radius 1 is 1.18 bits per heavy atom. The van der Waals surface area contributed by atoms with Crippen molar-refractivity contribution in [3.63, 3.8) is 0 Å². The van der Waals surface area contributed by atoms with Crippen LogP contribution in [0.5, 0.6) is 0 Å². The summed E-state index contributed by atoms with van der Waals surface area (Å²) in [5.74, 6) is 0.650. The Kier molecular flexibility index (Phi) is 7.40. The number of allylic oxidation sites excluding steroid dienone is 2. The Morgan fingerprint density at radius 2 is 1.94 bits per heavy atom. The van der Waals surface area contributed by atoms with Crippen molar-refractivity contribution >= 4 is 0 Å². The van der Waals surface area contributed by atoms with Crippen LogP contribution in [0.3, 0.4) is 0 Å². The molecule has 0 amide bonds. The van der Waals surface area contributed by atoms with E-state index in [0.29, 0.717) is 12.5 Å². The molecule has 0 heterocycles. The first-order valence-corrected chi connectivity index (χ1v) is 6.64. The molecule has 0 aliphatic rings. The summed E-state index contributed by atoms with van der Waals surface area (Å²) >= 11 is 0. The lowest BCUT2D eigenvalue weighted by Crippen LogP contribution is -1.92. The van der Waals surface area contributed by atoms with E-state index in [4.69, 9.17) is 5.11 Å². The lowest BCUT2D eigenvalue weighted by molar-refractivity contribution is 0.289. The van der Waals surface area contributed by atoms with Gasteiger partial charge >= 0.3 is 0 Å². The first-order chi connectivity index (χ1) is 8.33. The number of aliphatic hydroxyl groups is 1. The quantitative estimate of drug-likeness (QED) is 0.531. The maximum absolute atomic E-state index is 8.67. The molecule has 1 rings (SSSR count). The van der Waals surface area contributed by atoms with Gasteiger partial charge in [0.25, 0.3) is 0 Å². The molecule has 0 bridgehead atoms. The van der Waals surface area contributed by atoms with E-state index >= 15 is 0 Å². The molecule has 94 valence electrons. The second-order valence-corrected chi connectivity index (χ2v) is 4.65. The molecule has 1 aromatic rings. The van der Waals surface area contributed by atoms with E-state index in [9.17, 15) is 0 Å². The largest absolute Gasteiger partial charge is 0.396 e. The summed E-state index contributed by atoms with van der Waals surface area (Å²) in [7, 11) is 0. The standard InChI is InChI=1S/C16H24O/c1-15(9-4-3-7-14-17)10-8-13-16-11-5-2-6-12-16/h2,4-6,9,11-12,15,17H,3,7-8,10,13-14H2,1H3/b9-4+/t15-/m0/s1. The highest BCUT2D eigenvalue weighted by molar-refractivity contribution is 5.14. The van der Waals surface area contributed by atoms with Gasteiger partial charge in [0.05, 0.1) is 0 Å². The second-order valence-electron chi connectivity index (χ2n) is 4.65. The maximum Gasteiger partial charge on any atom is 0.0433 e. The molecule has 1 heteroatoms. The smallest absolute Gasteiger partial charge is 0.0433 e. The van der Waals surface area contributed by atoms with Crippen LogP contribution >= 0.6 is 0 Å². The van der Waals surface area contributed by atoms with Crippen molar-refractivity contribution < 1.29 is 5.11 Å². The Bertz CT molecular complexity index is 303. The molecule has 1 aromatic carbocycles. The molecule has 0 aliphatic carbocycles. The SMILES string of the molecule is C[C@@H](/C=C/CCCO)CCCc1ccccc1. The van der Waals surface area contributed by atoms with Gasteiger partial charge in [-0.05, 0) is 43.6 Å². The molecular weight excluding hydrogens is 208 g/mol. The van der Waals surface area contributed by atoms with Gasteiger partial charge in [-0.25, -0.2) is 0 Å². The fourth-order valence-corrected chi connectivity index (χ4v) is 1.91. The van der Waals surface area contributed by atoms with Gasteiger partial charge in [0, 0.05) is 6.61 Å². The minimum Gasteiger partial charge on any atom is -0.396 e. The van der Waals surface area contributed by atoms with Crippen LogP contribution in [-0.2, 0) is 6.42 Å². The average molecular weight is 232 g/mol. The number of rotatable bonds is 8. The van der Waals surface area contributed by atoms with Crippen molar-refractivity contribution in [2.24, 2.45) is 5.92 Å². The zero-order valence-corrected chi connectivity index (χ0v) is 10.8. The summed E-state index contributed by atoms with van der Waals surface area (Å²) in [5, 5.41) is 8.67. The molecule has 0 aromatic heterocycles. The molecule has 0 saturated heterocycles. The minimum absolute atomic E-state index is 0.298. The van der Waals surface area contributed by atoms with Gasteiger partial charge in [-0.3, -0.25) is 0 Å². The number of aryl methyl sites for hydroxylation is 1. The van der Waals surface area contributed by atoms with Gasteiger partial charge in [-0.15, -0.1) is 0 Å². The van der Waals surface area contributed by atoms with Crippen molar-refractivity contribution in [1.29, 1.82) is 0 Å². The number of benzene rings is 1. The zero-order chi connectivity index (χ0) is 12.3. The van der Waals surface area contributed by atoms with Crippen molar-refractivity contribution in [3.05, 3.63) is 48.0 Å². The molecule has 1 atom stereocenters. The molecule has 0 unspecified atom stereocenters. The Labute approximate surface area is 105 Å². The zero-order valence-electron chi connectivity index (χ0n) is 10.8. The first-order valence-electron chi connectivity index (χ1n) is 6.64. The predicted octanol–water partition coefficient (Wildman–Crippen LogP) is 3.97. The molecule has 1 N–H and O–H groups in total. The van der Waals surface area contributed by atoms with E-state index < -0.39 is 0 Å². The van der Waals surface area contributed by atoms with Crippen LogP contribution < -0.4 is 0 Å². The number of unbranched alkanes of at least 4 members (excludes halogenated alkanes) is 1. The van der Waals surface area contributed by atoms with Gasteiger partial charge < -0.3 is 5.11 Å². The van der Waals surface area contributed by atoms with E-state index in [1.165, 1.54) is 24.8 Å². The van der Waals surface area contributed by atoms with Crippen LogP contribution in [-0.4, -0.2) is 11.7 Å². The number of aliphatic hydroxyl groups excluding tert-OH is 1. The summed E-state index contributed by atoms with van der Waals surface area (Å²) in [4.78, 5) is 0. The Hall–Kier alpha value is -1.08. The molecule has 0 saturated carbocycles. The molecule has 0 fully saturated rings. The topological polar surface area (TPSA) is 20.2 Å². The Morgan fingerprint density at radius 3 is 2.65 bits per heavy atom. The fraction of sp³-hybridized carbons (Fsp3) is 0.500. The van der Waals surface area contributed by atoms with Gasteiger partial charge in [0.1, 0.15) is 0 Å². The van der Waals surface area contributed by atoms with Crippen LogP contribution in [0.4, 0.5) is 0 Å². The lowest BCUT2D eigenvalue weighted by atomic mass is 10.0. The molecular formula is C16H24O. The number of hydrogen-bond donors (Lipinski definition) is 1. The van der Waals surface area contributed by atoms with E-state index in [-0.39, 0.29) is 0 Å². The lowest BCUT2D eigenvalue weighted by Gasteiger charge is -2.06. The van der Waals surface area contributed by atoms with Crippen molar-refractivity contribution in [3.8, 4) is 0 Å². The maximum atomic E-state index is 8.67. The van der Waals surface area contributed by atoms with Crippen LogP contribution in [0.25, 0.3) is 0 Å². The van der Waals surface area contributed by atoms with Gasteiger partial charge in [-0.2, -0.15) is 0 Å². The molecule has 0 radical (unpaired) electrons. The second kappa shape index (κ2) is 9.00. The van der Waals surface area contributed by atoms with Gasteiger partial charge in [0.15, 0.2) is 0 Å². The van der Waals surface area contributed by atoms with Crippen molar-refractivity contribution in [2.75, 3.05) is 6.61 Å². The summed E-state index contributed by atoms with van der Waals surface area (Å²) in [6.45, 7) is 2.56. The monoisotopic (exact) mass is 232 g/mol. The van der Waals surface area contributed by atoms with E-state index in [0.717, 1.165) is 12.8 Å². The fourth-order valence-electron chi connectivity index (χ4n) is 1.91.